The zero-order valence-corrected chi connectivity index (χ0v) is 12.3. The predicted octanol–water partition coefficient (Wildman–Crippen LogP) is 3.81. The number of rotatable bonds is 4. The number of hydrogen-bond donors (Lipinski definition) is 1. The summed E-state index contributed by atoms with van der Waals surface area (Å²) in [7, 11) is 0. The van der Waals surface area contributed by atoms with Crippen LogP contribution >= 0.6 is 11.3 Å². The average Bonchev–Trinajstić information content (AvgIpc) is 2.83. The van der Waals surface area contributed by atoms with E-state index < -0.39 is 0 Å². The van der Waals surface area contributed by atoms with Gasteiger partial charge in [0.2, 0.25) is 0 Å². The molecule has 0 aliphatic carbocycles. The third kappa shape index (κ3) is 3.12. The van der Waals surface area contributed by atoms with Crippen LogP contribution in [0.5, 0.6) is 0 Å². The molecule has 2 aromatic heterocycles. The smallest absolute Gasteiger partial charge is 0.103 e. The molecule has 0 radical (unpaired) electrons. The van der Waals surface area contributed by atoms with Gasteiger partial charge in [-0.15, -0.1) is 11.3 Å². The molecular weight excluding hydrogens is 254 g/mol. The van der Waals surface area contributed by atoms with E-state index in [1.165, 1.54) is 9.75 Å². The lowest BCUT2D eigenvalue weighted by Gasteiger charge is -2.09. The fraction of sp³-hybridized carbons (Fsp3) is 0.333. The van der Waals surface area contributed by atoms with Crippen LogP contribution in [0.1, 0.15) is 33.6 Å². The summed E-state index contributed by atoms with van der Waals surface area (Å²) in [6, 6.07) is 8.46. The van der Waals surface area contributed by atoms with Gasteiger partial charge >= 0.3 is 0 Å². The second kappa shape index (κ2) is 5.85. The van der Waals surface area contributed by atoms with Gasteiger partial charge in [-0.3, -0.25) is 4.98 Å². The molecule has 0 aliphatic rings. The van der Waals surface area contributed by atoms with Crippen molar-refractivity contribution in [1.29, 1.82) is 5.26 Å². The van der Waals surface area contributed by atoms with Gasteiger partial charge < -0.3 is 5.32 Å². The third-order valence-corrected chi connectivity index (χ3v) is 4.19. The number of nitrogens with one attached hydrogen (secondary N) is 1. The summed E-state index contributed by atoms with van der Waals surface area (Å²) < 4.78 is 0. The minimum atomic E-state index is 0.637. The number of aryl methyl sites for hydroxylation is 3. The van der Waals surface area contributed by atoms with Crippen LogP contribution in [0.2, 0.25) is 0 Å². The van der Waals surface area contributed by atoms with Gasteiger partial charge in [-0.25, -0.2) is 0 Å². The molecule has 0 bridgehead atoms. The summed E-state index contributed by atoms with van der Waals surface area (Å²) in [4.78, 5) is 6.99. The zero-order valence-electron chi connectivity index (χ0n) is 11.4. The van der Waals surface area contributed by atoms with Crippen molar-refractivity contribution in [1.82, 2.24) is 4.98 Å². The Hall–Kier alpha value is -1.86. The molecule has 0 saturated heterocycles. The molecule has 19 heavy (non-hydrogen) atoms. The lowest BCUT2D eigenvalue weighted by Crippen LogP contribution is -2.03. The van der Waals surface area contributed by atoms with E-state index in [0.29, 0.717) is 5.56 Å². The summed E-state index contributed by atoms with van der Waals surface area (Å²) in [5.41, 5.74) is 3.22. The maximum atomic E-state index is 9.20. The molecule has 3 nitrogen and oxygen atoms in total. The van der Waals surface area contributed by atoms with E-state index >= 15 is 0 Å². The number of anilines is 1. The van der Waals surface area contributed by atoms with Crippen molar-refractivity contribution in [2.45, 2.75) is 33.7 Å². The van der Waals surface area contributed by atoms with E-state index in [9.17, 15) is 5.26 Å². The molecule has 0 spiro atoms. The number of pyridine rings is 1. The van der Waals surface area contributed by atoms with Gasteiger partial charge in [-0.2, -0.15) is 5.26 Å². The van der Waals surface area contributed by atoms with Gasteiger partial charge in [-0.05, 0) is 38.5 Å². The average molecular weight is 271 g/mol. The quantitative estimate of drug-likeness (QED) is 0.920. The SMILES string of the molecule is CCc1ccc(CNc2cc(C)nc(C)c2C#N)s1. The van der Waals surface area contributed by atoms with Gasteiger partial charge in [0.05, 0.1) is 16.9 Å². The summed E-state index contributed by atoms with van der Waals surface area (Å²) >= 11 is 1.81. The molecule has 1 N–H and O–H groups in total. The molecular formula is C15H17N3S. The van der Waals surface area contributed by atoms with Crippen LogP contribution in [0.25, 0.3) is 0 Å². The van der Waals surface area contributed by atoms with Gasteiger partial charge in [0.25, 0.3) is 0 Å². The largest absolute Gasteiger partial charge is 0.379 e. The van der Waals surface area contributed by atoms with E-state index in [0.717, 1.165) is 30.0 Å². The molecule has 0 unspecified atom stereocenters. The highest BCUT2D eigenvalue weighted by Crippen LogP contribution is 2.22. The van der Waals surface area contributed by atoms with Crippen LogP contribution < -0.4 is 5.32 Å². The summed E-state index contributed by atoms with van der Waals surface area (Å²) in [5.74, 6) is 0. The van der Waals surface area contributed by atoms with Crippen molar-refractivity contribution < 1.29 is 0 Å². The van der Waals surface area contributed by atoms with Crippen molar-refractivity contribution in [3.05, 3.63) is 44.9 Å². The monoisotopic (exact) mass is 271 g/mol. The maximum Gasteiger partial charge on any atom is 0.103 e. The van der Waals surface area contributed by atoms with Gasteiger partial charge in [0, 0.05) is 22.0 Å². The minimum absolute atomic E-state index is 0.637. The Labute approximate surface area is 117 Å². The molecule has 2 rings (SSSR count). The van der Waals surface area contributed by atoms with E-state index in [1.54, 1.807) is 0 Å². The first-order valence-corrected chi connectivity index (χ1v) is 7.15. The van der Waals surface area contributed by atoms with Gasteiger partial charge in [0.1, 0.15) is 6.07 Å². The van der Waals surface area contributed by atoms with Crippen molar-refractivity contribution in [2.75, 3.05) is 5.32 Å². The van der Waals surface area contributed by atoms with Crippen molar-refractivity contribution in [3.63, 3.8) is 0 Å². The Bertz CT molecular complexity index is 623. The van der Waals surface area contributed by atoms with E-state index in [2.05, 4.69) is 35.4 Å². The van der Waals surface area contributed by atoms with E-state index in [-0.39, 0.29) is 0 Å². The molecule has 2 aromatic rings. The van der Waals surface area contributed by atoms with Crippen molar-refractivity contribution in [2.24, 2.45) is 0 Å². The lowest BCUT2D eigenvalue weighted by molar-refractivity contribution is 1.09. The molecule has 0 saturated carbocycles. The van der Waals surface area contributed by atoms with E-state index in [1.807, 2.05) is 31.3 Å². The van der Waals surface area contributed by atoms with Crippen LogP contribution in [0.15, 0.2) is 18.2 Å². The Kier molecular flexibility index (Phi) is 4.18. The summed E-state index contributed by atoms with van der Waals surface area (Å²) in [6.45, 7) is 6.73. The lowest BCUT2D eigenvalue weighted by atomic mass is 10.1. The standard InChI is InChI=1S/C15H17N3S/c1-4-12-5-6-13(19-12)9-17-15-7-10(2)18-11(3)14(15)8-16/h5-7H,4,9H2,1-3H3,(H,17,18). The molecule has 4 heteroatoms. The van der Waals surface area contributed by atoms with E-state index in [4.69, 9.17) is 0 Å². The van der Waals surface area contributed by atoms with Crippen LogP contribution in [-0.4, -0.2) is 4.98 Å². The number of hydrogen-bond acceptors (Lipinski definition) is 4. The molecule has 0 aliphatic heterocycles. The minimum Gasteiger partial charge on any atom is -0.379 e. The molecule has 0 atom stereocenters. The summed E-state index contributed by atoms with van der Waals surface area (Å²) in [5, 5.41) is 12.5. The van der Waals surface area contributed by atoms with Crippen molar-refractivity contribution >= 4 is 17.0 Å². The second-order valence-corrected chi connectivity index (χ2v) is 5.71. The van der Waals surface area contributed by atoms with Crippen LogP contribution in [0.3, 0.4) is 0 Å². The molecule has 0 amide bonds. The fourth-order valence-corrected chi connectivity index (χ4v) is 2.90. The van der Waals surface area contributed by atoms with Gasteiger partial charge in [-0.1, -0.05) is 6.92 Å². The number of nitrogens with zero attached hydrogens (tertiary/aromatic N) is 2. The van der Waals surface area contributed by atoms with Gasteiger partial charge in [0.15, 0.2) is 0 Å². The Morgan fingerprint density at radius 1 is 1.32 bits per heavy atom. The maximum absolute atomic E-state index is 9.20. The highest BCUT2D eigenvalue weighted by atomic mass is 32.1. The summed E-state index contributed by atoms with van der Waals surface area (Å²) in [6.07, 6.45) is 1.07. The van der Waals surface area contributed by atoms with Crippen LogP contribution in [0, 0.1) is 25.2 Å². The molecule has 2 heterocycles. The first-order valence-electron chi connectivity index (χ1n) is 6.33. The number of aromatic nitrogens is 1. The second-order valence-electron chi connectivity index (χ2n) is 4.46. The number of thiophene rings is 1. The normalized spacial score (nSPS) is 10.2. The third-order valence-electron chi connectivity index (χ3n) is 2.96. The first-order chi connectivity index (χ1) is 9.13. The predicted molar refractivity (Wildman–Crippen MR) is 79.4 cm³/mol. The molecule has 98 valence electrons. The topological polar surface area (TPSA) is 48.7 Å². The van der Waals surface area contributed by atoms with Crippen LogP contribution in [0.4, 0.5) is 5.69 Å². The Morgan fingerprint density at radius 2 is 2.05 bits per heavy atom. The van der Waals surface area contributed by atoms with Crippen LogP contribution in [-0.2, 0) is 13.0 Å². The highest BCUT2D eigenvalue weighted by molar-refractivity contribution is 7.12. The Morgan fingerprint density at radius 3 is 2.68 bits per heavy atom. The first kappa shape index (κ1) is 13.6. The molecule has 0 fully saturated rings. The fourth-order valence-electron chi connectivity index (χ4n) is 2.00. The number of nitriles is 1. The highest BCUT2D eigenvalue weighted by Gasteiger charge is 2.08. The molecule has 0 aromatic carbocycles. The Balaban J connectivity index is 2.17. The zero-order chi connectivity index (χ0) is 13.8. The van der Waals surface area contributed by atoms with Crippen molar-refractivity contribution in [3.8, 4) is 6.07 Å².